The van der Waals surface area contributed by atoms with Gasteiger partial charge in [0.1, 0.15) is 17.4 Å². The zero-order valence-corrected chi connectivity index (χ0v) is 17.5. The number of carbonyl (C=O) groups is 1. The van der Waals surface area contributed by atoms with E-state index in [0.29, 0.717) is 23.6 Å². The number of fused-ring (bicyclic) bond motifs is 1. The van der Waals surface area contributed by atoms with Crippen LogP contribution in [-0.4, -0.2) is 27.1 Å². The van der Waals surface area contributed by atoms with Gasteiger partial charge in [-0.3, -0.25) is 9.24 Å². The molecule has 2 amide bonds. The number of urea groups is 1. The molecule has 158 valence electrons. The number of nitrogens with one attached hydrogen (secondary N) is 1. The van der Waals surface area contributed by atoms with Gasteiger partial charge >= 0.3 is 6.03 Å². The van der Waals surface area contributed by atoms with Gasteiger partial charge in [-0.2, -0.15) is 10.3 Å². The van der Waals surface area contributed by atoms with Crippen LogP contribution in [0.25, 0.3) is 16.8 Å². The van der Waals surface area contributed by atoms with Crippen LogP contribution in [0.3, 0.4) is 0 Å². The highest BCUT2D eigenvalue weighted by molar-refractivity contribution is 5.91. The number of nitrogens with zero attached hydrogens (tertiary/aromatic N) is 4. The predicted molar refractivity (Wildman–Crippen MR) is 121 cm³/mol. The van der Waals surface area contributed by atoms with Gasteiger partial charge < -0.3 is 5.32 Å². The highest BCUT2D eigenvalue weighted by Gasteiger charge is 2.32. The summed E-state index contributed by atoms with van der Waals surface area (Å²) in [5, 5.41) is 13.7. The lowest BCUT2D eigenvalue weighted by molar-refractivity contribution is -0.0829. The average Bonchev–Trinajstić information content (AvgIpc) is 3.48. The first-order valence-corrected chi connectivity index (χ1v) is 10.4. The van der Waals surface area contributed by atoms with Crippen molar-refractivity contribution in [3.8, 4) is 17.2 Å². The van der Waals surface area contributed by atoms with E-state index in [-0.39, 0.29) is 12.1 Å². The highest BCUT2D eigenvalue weighted by Crippen LogP contribution is 2.32. The second-order valence-corrected chi connectivity index (χ2v) is 7.74. The molecular formula is C25H21N5O2. The highest BCUT2D eigenvalue weighted by atomic mass is 16.7. The van der Waals surface area contributed by atoms with Crippen molar-refractivity contribution in [2.75, 3.05) is 11.9 Å². The molecule has 0 bridgehead atoms. The van der Waals surface area contributed by atoms with E-state index in [0.717, 1.165) is 28.7 Å². The zero-order valence-electron chi connectivity index (χ0n) is 17.5. The SMILES string of the molecule is Cc1ccc(-c2ccc3ncc(C#N)n3c2)cc1NC(=O)N1OCCC1c1ccccc1. The molecule has 2 aromatic heterocycles. The molecule has 4 aromatic rings. The first-order valence-electron chi connectivity index (χ1n) is 10.4. The molecule has 2 aromatic carbocycles. The first-order chi connectivity index (χ1) is 15.6. The van der Waals surface area contributed by atoms with E-state index in [1.165, 1.54) is 5.06 Å². The van der Waals surface area contributed by atoms with E-state index in [4.69, 9.17) is 4.84 Å². The third-order valence-corrected chi connectivity index (χ3v) is 5.72. The quantitative estimate of drug-likeness (QED) is 0.497. The van der Waals surface area contributed by atoms with E-state index in [1.54, 1.807) is 10.6 Å². The molecule has 3 heterocycles. The minimum atomic E-state index is -0.298. The van der Waals surface area contributed by atoms with Crippen molar-refractivity contribution in [1.82, 2.24) is 14.4 Å². The Hall–Kier alpha value is -4.15. The van der Waals surface area contributed by atoms with E-state index in [1.807, 2.05) is 73.8 Å². The summed E-state index contributed by atoms with van der Waals surface area (Å²) < 4.78 is 1.76. The van der Waals surface area contributed by atoms with E-state index in [2.05, 4.69) is 16.4 Å². The van der Waals surface area contributed by atoms with Gasteiger partial charge in [0.2, 0.25) is 0 Å². The lowest BCUT2D eigenvalue weighted by atomic mass is 10.0. The third-order valence-electron chi connectivity index (χ3n) is 5.72. The molecule has 0 radical (unpaired) electrons. The smallest absolute Gasteiger partial charge is 0.306 e. The van der Waals surface area contributed by atoms with Gasteiger partial charge in [0.05, 0.1) is 18.8 Å². The van der Waals surface area contributed by atoms with Gasteiger partial charge in [-0.1, -0.05) is 42.5 Å². The number of rotatable bonds is 3. The summed E-state index contributed by atoms with van der Waals surface area (Å²) in [4.78, 5) is 23.0. The van der Waals surface area contributed by atoms with Crippen molar-refractivity contribution >= 4 is 17.4 Å². The Bertz CT molecular complexity index is 1340. The Morgan fingerprint density at radius 2 is 1.97 bits per heavy atom. The van der Waals surface area contributed by atoms with Gasteiger partial charge in [-0.05, 0) is 47.4 Å². The molecule has 0 saturated carbocycles. The van der Waals surface area contributed by atoms with Gasteiger partial charge in [0, 0.05) is 18.3 Å². The van der Waals surface area contributed by atoms with Crippen LogP contribution < -0.4 is 5.32 Å². The summed E-state index contributed by atoms with van der Waals surface area (Å²) in [5.74, 6) is 0. The number of hydrogen-bond acceptors (Lipinski definition) is 4. The number of anilines is 1. The minimum Gasteiger partial charge on any atom is -0.306 e. The number of pyridine rings is 1. The van der Waals surface area contributed by atoms with Gasteiger partial charge in [-0.25, -0.2) is 9.78 Å². The number of imidazole rings is 1. The predicted octanol–water partition coefficient (Wildman–Crippen LogP) is 5.09. The van der Waals surface area contributed by atoms with Crippen LogP contribution >= 0.6 is 0 Å². The maximum atomic E-state index is 13.1. The van der Waals surface area contributed by atoms with Crippen LogP contribution in [0.5, 0.6) is 0 Å². The molecule has 0 aliphatic carbocycles. The third kappa shape index (κ3) is 3.57. The van der Waals surface area contributed by atoms with Crippen LogP contribution in [0.1, 0.15) is 29.3 Å². The summed E-state index contributed by atoms with van der Waals surface area (Å²) >= 11 is 0. The molecule has 1 aliphatic rings. The lowest BCUT2D eigenvalue weighted by Crippen LogP contribution is -2.33. The van der Waals surface area contributed by atoms with E-state index in [9.17, 15) is 10.1 Å². The van der Waals surface area contributed by atoms with Crippen LogP contribution in [-0.2, 0) is 4.84 Å². The molecule has 1 N–H and O–H groups in total. The Morgan fingerprint density at radius 3 is 2.78 bits per heavy atom. The number of nitriles is 1. The fourth-order valence-electron chi connectivity index (χ4n) is 3.99. The van der Waals surface area contributed by atoms with Crippen LogP contribution in [0, 0.1) is 18.3 Å². The number of benzene rings is 2. The monoisotopic (exact) mass is 423 g/mol. The number of amides is 2. The Kier molecular flexibility index (Phi) is 5.06. The summed E-state index contributed by atoms with van der Waals surface area (Å²) in [6.07, 6.45) is 4.19. The summed E-state index contributed by atoms with van der Waals surface area (Å²) in [7, 11) is 0. The van der Waals surface area contributed by atoms with Crippen molar-refractivity contribution in [2.24, 2.45) is 0 Å². The molecule has 5 rings (SSSR count). The largest absolute Gasteiger partial charge is 0.346 e. The first kappa shape index (κ1) is 19.8. The standard InChI is InChI=1S/C25H21N5O2/c1-17-7-8-19(20-9-10-24-27-15-21(14-26)29(24)16-20)13-22(17)28-25(31)30-23(11-12-32-30)18-5-3-2-4-6-18/h2-10,13,15-16,23H,11-12H2,1H3,(H,28,31). The number of carbonyl (C=O) groups excluding carboxylic acids is 1. The molecule has 1 atom stereocenters. The van der Waals surface area contributed by atoms with Gasteiger partial charge in [-0.15, -0.1) is 0 Å². The Labute approximate surface area is 185 Å². The van der Waals surface area contributed by atoms with E-state index < -0.39 is 0 Å². The molecule has 1 unspecified atom stereocenters. The fourth-order valence-corrected chi connectivity index (χ4v) is 3.99. The van der Waals surface area contributed by atoms with Crippen LogP contribution in [0.2, 0.25) is 0 Å². The molecule has 1 aliphatic heterocycles. The zero-order chi connectivity index (χ0) is 22.1. The van der Waals surface area contributed by atoms with Crippen molar-refractivity contribution in [2.45, 2.75) is 19.4 Å². The second-order valence-electron chi connectivity index (χ2n) is 7.74. The molecule has 1 saturated heterocycles. The normalized spacial score (nSPS) is 15.6. The number of hydrogen-bond donors (Lipinski definition) is 1. The van der Waals surface area contributed by atoms with Gasteiger partial charge in [0.15, 0.2) is 0 Å². The summed E-state index contributed by atoms with van der Waals surface area (Å²) in [5.41, 5.74) is 5.73. The summed E-state index contributed by atoms with van der Waals surface area (Å²) in [6.45, 7) is 2.45. The van der Waals surface area contributed by atoms with Crippen LogP contribution in [0.4, 0.5) is 10.5 Å². The summed E-state index contributed by atoms with van der Waals surface area (Å²) in [6, 6.07) is 21.4. The molecule has 1 fully saturated rings. The average molecular weight is 423 g/mol. The molecule has 7 nitrogen and oxygen atoms in total. The second kappa shape index (κ2) is 8.17. The van der Waals surface area contributed by atoms with Crippen LogP contribution in [0.15, 0.2) is 73.1 Å². The van der Waals surface area contributed by atoms with Gasteiger partial charge in [0.25, 0.3) is 0 Å². The molecule has 7 heteroatoms. The maximum absolute atomic E-state index is 13.1. The lowest BCUT2D eigenvalue weighted by Gasteiger charge is -2.23. The van der Waals surface area contributed by atoms with Crippen molar-refractivity contribution in [1.29, 1.82) is 5.26 Å². The Morgan fingerprint density at radius 1 is 1.16 bits per heavy atom. The topological polar surface area (TPSA) is 82.7 Å². The maximum Gasteiger partial charge on any atom is 0.346 e. The minimum absolute atomic E-state index is 0.118. The fraction of sp³-hybridized carbons (Fsp3) is 0.160. The Balaban J connectivity index is 1.42. The number of hydroxylamine groups is 2. The number of aryl methyl sites for hydroxylation is 1. The van der Waals surface area contributed by atoms with E-state index >= 15 is 0 Å². The molecule has 32 heavy (non-hydrogen) atoms. The van der Waals surface area contributed by atoms with Crippen molar-refractivity contribution in [3.63, 3.8) is 0 Å². The molecular weight excluding hydrogens is 402 g/mol. The molecule has 0 spiro atoms. The van der Waals surface area contributed by atoms with Crippen molar-refractivity contribution in [3.05, 3.63) is 89.9 Å². The number of aromatic nitrogens is 2. The van der Waals surface area contributed by atoms with Crippen molar-refractivity contribution < 1.29 is 9.63 Å².